The monoisotopic (exact) mass is 239 g/mol. The molecule has 0 bridgehead atoms. The number of carbonyl (C=O) groups excluding carboxylic acids is 1. The summed E-state index contributed by atoms with van der Waals surface area (Å²) in [6.07, 6.45) is 0.743. The molecule has 3 nitrogen and oxygen atoms in total. The Hall–Kier alpha value is -1.42. The van der Waals surface area contributed by atoms with E-state index in [1.165, 1.54) is 12.1 Å². The Morgan fingerprint density at radius 1 is 1.53 bits per heavy atom. The number of carbonyl (C=O) groups is 1. The van der Waals surface area contributed by atoms with Crippen LogP contribution in [0.1, 0.15) is 29.3 Å². The largest absolute Gasteiger partial charge is 0.383 e. The normalized spacial score (nSPS) is 12.2. The average Bonchev–Trinajstić information content (AvgIpc) is 2.28. The Morgan fingerprint density at radius 2 is 2.24 bits per heavy atom. The molecule has 17 heavy (non-hydrogen) atoms. The van der Waals surface area contributed by atoms with E-state index in [2.05, 4.69) is 5.32 Å². The van der Waals surface area contributed by atoms with Gasteiger partial charge in [0.2, 0.25) is 0 Å². The van der Waals surface area contributed by atoms with Crippen molar-refractivity contribution in [3.8, 4) is 0 Å². The fourth-order valence-corrected chi connectivity index (χ4v) is 1.53. The van der Waals surface area contributed by atoms with Crippen molar-refractivity contribution in [2.24, 2.45) is 0 Å². The van der Waals surface area contributed by atoms with Gasteiger partial charge in [0.1, 0.15) is 5.82 Å². The van der Waals surface area contributed by atoms with Crippen LogP contribution in [0.25, 0.3) is 0 Å². The zero-order valence-corrected chi connectivity index (χ0v) is 10.4. The van der Waals surface area contributed by atoms with Crippen molar-refractivity contribution in [1.82, 2.24) is 5.32 Å². The number of amides is 1. The van der Waals surface area contributed by atoms with E-state index in [4.69, 9.17) is 4.74 Å². The maximum atomic E-state index is 13.5. The molecular weight excluding hydrogens is 221 g/mol. The molecule has 0 saturated heterocycles. The fourth-order valence-electron chi connectivity index (χ4n) is 1.53. The first-order chi connectivity index (χ1) is 8.08. The highest BCUT2D eigenvalue weighted by molar-refractivity contribution is 5.94. The van der Waals surface area contributed by atoms with E-state index in [1.54, 1.807) is 20.1 Å². The maximum Gasteiger partial charge on any atom is 0.254 e. The molecule has 0 spiro atoms. The van der Waals surface area contributed by atoms with Crippen molar-refractivity contribution in [3.63, 3.8) is 0 Å². The lowest BCUT2D eigenvalue weighted by atomic mass is 10.1. The lowest BCUT2D eigenvalue weighted by Gasteiger charge is -2.16. The summed E-state index contributed by atoms with van der Waals surface area (Å²) in [5.41, 5.74) is 0.869. The van der Waals surface area contributed by atoms with E-state index >= 15 is 0 Å². The van der Waals surface area contributed by atoms with Crippen LogP contribution < -0.4 is 5.32 Å². The summed E-state index contributed by atoms with van der Waals surface area (Å²) in [6.45, 7) is 4.15. The van der Waals surface area contributed by atoms with E-state index < -0.39 is 11.7 Å². The number of hydrogen-bond acceptors (Lipinski definition) is 2. The van der Waals surface area contributed by atoms with Gasteiger partial charge in [-0.2, -0.15) is 0 Å². The quantitative estimate of drug-likeness (QED) is 0.856. The van der Waals surface area contributed by atoms with Crippen molar-refractivity contribution >= 4 is 5.91 Å². The molecule has 0 aliphatic rings. The summed E-state index contributed by atoms with van der Waals surface area (Å²) < 4.78 is 18.5. The van der Waals surface area contributed by atoms with Crippen LogP contribution in [0.15, 0.2) is 18.2 Å². The Bertz CT molecular complexity index is 393. The molecule has 1 aromatic rings. The van der Waals surface area contributed by atoms with E-state index in [0.29, 0.717) is 6.61 Å². The second-order valence-electron chi connectivity index (χ2n) is 4.02. The number of halogens is 1. The molecule has 94 valence electrons. The summed E-state index contributed by atoms with van der Waals surface area (Å²) in [4.78, 5) is 11.8. The van der Waals surface area contributed by atoms with Gasteiger partial charge in [0.05, 0.1) is 18.2 Å². The molecule has 4 heteroatoms. The van der Waals surface area contributed by atoms with Gasteiger partial charge >= 0.3 is 0 Å². The average molecular weight is 239 g/mol. The molecule has 0 heterocycles. The smallest absolute Gasteiger partial charge is 0.254 e. The number of nitrogens with one attached hydrogen (secondary N) is 1. The van der Waals surface area contributed by atoms with E-state index in [9.17, 15) is 9.18 Å². The van der Waals surface area contributed by atoms with Crippen LogP contribution in [0, 0.1) is 12.7 Å². The highest BCUT2D eigenvalue weighted by Gasteiger charge is 2.15. The van der Waals surface area contributed by atoms with Crippen molar-refractivity contribution in [2.75, 3.05) is 13.7 Å². The number of ether oxygens (including phenoxy) is 1. The molecule has 1 N–H and O–H groups in total. The van der Waals surface area contributed by atoms with Gasteiger partial charge in [-0.15, -0.1) is 0 Å². The number of methoxy groups -OCH3 is 1. The summed E-state index contributed by atoms with van der Waals surface area (Å²) in [7, 11) is 1.57. The van der Waals surface area contributed by atoms with Gasteiger partial charge in [-0.3, -0.25) is 4.79 Å². The first kappa shape index (κ1) is 13.6. The van der Waals surface area contributed by atoms with Crippen molar-refractivity contribution in [1.29, 1.82) is 0 Å². The lowest BCUT2D eigenvalue weighted by molar-refractivity contribution is 0.0890. The molecular formula is C13H18FNO2. The van der Waals surface area contributed by atoms with Crippen LogP contribution in [0.5, 0.6) is 0 Å². The fraction of sp³-hybridized carbons (Fsp3) is 0.462. The third kappa shape index (κ3) is 3.82. The molecule has 0 saturated carbocycles. The summed E-state index contributed by atoms with van der Waals surface area (Å²) >= 11 is 0. The summed E-state index contributed by atoms with van der Waals surface area (Å²) in [6, 6.07) is 4.48. The SMILES string of the molecule is CCC(COC)NC(=O)c1ccc(C)cc1F. The van der Waals surface area contributed by atoms with E-state index in [0.717, 1.165) is 12.0 Å². The maximum absolute atomic E-state index is 13.5. The van der Waals surface area contributed by atoms with Crippen LogP contribution in [-0.4, -0.2) is 25.7 Å². The standard InChI is InChI=1S/C13H18FNO2/c1-4-10(8-17-3)15-13(16)11-6-5-9(2)7-12(11)14/h5-7,10H,4,8H2,1-3H3,(H,15,16). The first-order valence-corrected chi connectivity index (χ1v) is 5.64. The van der Waals surface area contributed by atoms with Crippen LogP contribution >= 0.6 is 0 Å². The van der Waals surface area contributed by atoms with E-state index in [-0.39, 0.29) is 11.6 Å². The molecule has 1 unspecified atom stereocenters. The predicted molar refractivity (Wildman–Crippen MR) is 64.6 cm³/mol. The van der Waals surface area contributed by atoms with Crippen LogP contribution in [0.3, 0.4) is 0 Å². The van der Waals surface area contributed by atoms with Crippen molar-refractivity contribution in [3.05, 3.63) is 35.1 Å². The minimum atomic E-state index is -0.491. The minimum absolute atomic E-state index is 0.0742. The zero-order valence-electron chi connectivity index (χ0n) is 10.4. The molecule has 0 aromatic heterocycles. The molecule has 1 atom stereocenters. The number of rotatable bonds is 5. The first-order valence-electron chi connectivity index (χ1n) is 5.64. The Balaban J connectivity index is 2.75. The van der Waals surface area contributed by atoms with Crippen LogP contribution in [0.2, 0.25) is 0 Å². The number of benzene rings is 1. The van der Waals surface area contributed by atoms with Gasteiger partial charge in [0.25, 0.3) is 5.91 Å². The van der Waals surface area contributed by atoms with Gasteiger partial charge < -0.3 is 10.1 Å². The van der Waals surface area contributed by atoms with Crippen molar-refractivity contribution in [2.45, 2.75) is 26.3 Å². The van der Waals surface area contributed by atoms with Crippen molar-refractivity contribution < 1.29 is 13.9 Å². The number of aryl methyl sites for hydroxylation is 1. The van der Waals surface area contributed by atoms with Gasteiger partial charge in [-0.1, -0.05) is 13.0 Å². The highest BCUT2D eigenvalue weighted by atomic mass is 19.1. The Labute approximate surface area is 101 Å². The van der Waals surface area contributed by atoms with Gasteiger partial charge in [-0.25, -0.2) is 4.39 Å². The van der Waals surface area contributed by atoms with Gasteiger partial charge in [0, 0.05) is 7.11 Å². The number of hydrogen-bond donors (Lipinski definition) is 1. The third-order valence-corrected chi connectivity index (χ3v) is 2.57. The summed E-state index contributed by atoms with van der Waals surface area (Å²) in [5, 5.41) is 2.74. The molecule has 0 radical (unpaired) electrons. The van der Waals surface area contributed by atoms with Crippen LogP contribution in [-0.2, 0) is 4.74 Å². The minimum Gasteiger partial charge on any atom is -0.383 e. The second-order valence-corrected chi connectivity index (χ2v) is 4.02. The predicted octanol–water partition coefficient (Wildman–Crippen LogP) is 2.29. The molecule has 0 fully saturated rings. The molecule has 1 aromatic carbocycles. The molecule has 0 aliphatic heterocycles. The molecule has 1 rings (SSSR count). The Morgan fingerprint density at radius 3 is 2.76 bits per heavy atom. The lowest BCUT2D eigenvalue weighted by Crippen LogP contribution is -2.37. The molecule has 0 aliphatic carbocycles. The second kappa shape index (κ2) is 6.35. The van der Waals surface area contributed by atoms with E-state index in [1.807, 2.05) is 6.92 Å². The zero-order chi connectivity index (χ0) is 12.8. The van der Waals surface area contributed by atoms with Gasteiger partial charge in [0.15, 0.2) is 0 Å². The van der Waals surface area contributed by atoms with Gasteiger partial charge in [-0.05, 0) is 31.0 Å². The third-order valence-electron chi connectivity index (χ3n) is 2.57. The van der Waals surface area contributed by atoms with Crippen LogP contribution in [0.4, 0.5) is 4.39 Å². The molecule has 1 amide bonds. The Kier molecular flexibility index (Phi) is 5.10. The summed E-state index contributed by atoms with van der Waals surface area (Å²) in [5.74, 6) is -0.888. The topological polar surface area (TPSA) is 38.3 Å². The highest BCUT2D eigenvalue weighted by Crippen LogP contribution is 2.10.